The summed E-state index contributed by atoms with van der Waals surface area (Å²) in [7, 11) is 1.66. The van der Waals surface area contributed by atoms with Crippen LogP contribution in [0.1, 0.15) is 29.0 Å². The summed E-state index contributed by atoms with van der Waals surface area (Å²) in [6, 6.07) is 9.74. The first-order chi connectivity index (χ1) is 14.6. The fraction of sp³-hybridized carbons (Fsp3) is 0.478. The molecular formula is C23H29N3O4. The Hall–Kier alpha value is -2.96. The number of carbonyl (C=O) groups excluding carboxylic acids is 2. The van der Waals surface area contributed by atoms with Crippen molar-refractivity contribution in [2.24, 2.45) is 5.92 Å². The third-order valence-corrected chi connectivity index (χ3v) is 6.18. The Morgan fingerprint density at radius 1 is 1.00 bits per heavy atom. The molecule has 0 aliphatic carbocycles. The van der Waals surface area contributed by atoms with Crippen LogP contribution in [0.15, 0.2) is 41.0 Å². The molecule has 2 aliphatic heterocycles. The summed E-state index contributed by atoms with van der Waals surface area (Å²) in [4.78, 5) is 32.0. The van der Waals surface area contributed by atoms with E-state index in [0.717, 1.165) is 37.4 Å². The highest BCUT2D eigenvalue weighted by molar-refractivity contribution is 5.95. The van der Waals surface area contributed by atoms with Crippen LogP contribution in [0.2, 0.25) is 0 Å². The number of nitrogens with zero attached hydrogens (tertiary/aromatic N) is 3. The van der Waals surface area contributed by atoms with Gasteiger partial charge in [0.25, 0.3) is 5.91 Å². The highest BCUT2D eigenvalue weighted by Crippen LogP contribution is 2.24. The number of benzene rings is 1. The van der Waals surface area contributed by atoms with Crippen LogP contribution in [0, 0.1) is 12.8 Å². The molecule has 7 nitrogen and oxygen atoms in total. The van der Waals surface area contributed by atoms with Gasteiger partial charge in [0.15, 0.2) is 0 Å². The molecule has 30 heavy (non-hydrogen) atoms. The Bertz CT molecular complexity index is 884. The first-order valence-electron chi connectivity index (χ1n) is 10.6. The molecule has 0 radical (unpaired) electrons. The molecule has 1 aromatic heterocycles. The zero-order valence-electron chi connectivity index (χ0n) is 17.7. The maximum Gasteiger partial charge on any atom is 0.257 e. The van der Waals surface area contributed by atoms with Crippen LogP contribution in [-0.4, -0.2) is 68.0 Å². The molecule has 2 amide bonds. The van der Waals surface area contributed by atoms with Gasteiger partial charge in [-0.25, -0.2) is 0 Å². The van der Waals surface area contributed by atoms with Gasteiger partial charge in [0, 0.05) is 45.0 Å². The lowest BCUT2D eigenvalue weighted by Gasteiger charge is -2.39. The van der Waals surface area contributed by atoms with E-state index in [2.05, 4.69) is 17.0 Å². The molecule has 0 saturated carbocycles. The van der Waals surface area contributed by atoms with E-state index in [0.29, 0.717) is 37.5 Å². The number of likely N-dealkylation sites (tertiary alicyclic amines) is 1. The Labute approximate surface area is 177 Å². The molecule has 2 aliphatic rings. The number of furan rings is 1. The monoisotopic (exact) mass is 411 g/mol. The van der Waals surface area contributed by atoms with Crippen LogP contribution in [0.3, 0.4) is 0 Å². The van der Waals surface area contributed by atoms with Gasteiger partial charge in [0.05, 0.1) is 24.9 Å². The van der Waals surface area contributed by atoms with Gasteiger partial charge < -0.3 is 23.9 Å². The smallest absolute Gasteiger partial charge is 0.257 e. The van der Waals surface area contributed by atoms with Crippen LogP contribution in [0.4, 0.5) is 5.69 Å². The van der Waals surface area contributed by atoms with Crippen molar-refractivity contribution in [2.45, 2.75) is 19.8 Å². The van der Waals surface area contributed by atoms with Crippen molar-refractivity contribution in [2.75, 3.05) is 51.3 Å². The maximum atomic E-state index is 13.1. The van der Waals surface area contributed by atoms with E-state index in [9.17, 15) is 9.59 Å². The fourth-order valence-corrected chi connectivity index (χ4v) is 4.38. The second-order valence-corrected chi connectivity index (χ2v) is 7.99. The molecule has 0 N–H and O–H groups in total. The molecule has 0 bridgehead atoms. The molecule has 7 heteroatoms. The molecule has 160 valence electrons. The van der Waals surface area contributed by atoms with Gasteiger partial charge in [-0.3, -0.25) is 9.59 Å². The van der Waals surface area contributed by atoms with Crippen molar-refractivity contribution in [3.8, 4) is 5.75 Å². The van der Waals surface area contributed by atoms with E-state index in [1.54, 1.807) is 25.0 Å². The summed E-state index contributed by atoms with van der Waals surface area (Å²) in [6.07, 6.45) is 3.23. The number of piperidine rings is 1. The number of hydrogen-bond donors (Lipinski definition) is 0. The minimum absolute atomic E-state index is 0.0388. The van der Waals surface area contributed by atoms with Crippen molar-refractivity contribution in [1.29, 1.82) is 0 Å². The molecule has 0 spiro atoms. The molecular weight excluding hydrogens is 382 g/mol. The zero-order chi connectivity index (χ0) is 21.1. The number of hydrogen-bond acceptors (Lipinski definition) is 5. The van der Waals surface area contributed by atoms with Crippen molar-refractivity contribution in [1.82, 2.24) is 9.80 Å². The van der Waals surface area contributed by atoms with Gasteiger partial charge in [0.1, 0.15) is 11.5 Å². The maximum absolute atomic E-state index is 13.1. The Morgan fingerprint density at radius 2 is 1.73 bits per heavy atom. The number of anilines is 1. The van der Waals surface area contributed by atoms with E-state index in [-0.39, 0.29) is 17.7 Å². The lowest BCUT2D eigenvalue weighted by Crippen LogP contribution is -2.53. The van der Waals surface area contributed by atoms with Crippen molar-refractivity contribution in [3.05, 3.63) is 47.9 Å². The minimum Gasteiger partial charge on any atom is -0.497 e. The lowest BCUT2D eigenvalue weighted by atomic mass is 9.95. The fourth-order valence-electron chi connectivity index (χ4n) is 4.38. The van der Waals surface area contributed by atoms with Gasteiger partial charge in [-0.1, -0.05) is 0 Å². The molecule has 3 heterocycles. The van der Waals surface area contributed by atoms with Crippen LogP contribution in [0.25, 0.3) is 0 Å². The topological polar surface area (TPSA) is 66.2 Å². The van der Waals surface area contributed by atoms with Gasteiger partial charge >= 0.3 is 0 Å². The molecule has 0 unspecified atom stereocenters. The minimum atomic E-state index is -0.123. The van der Waals surface area contributed by atoms with Crippen LogP contribution in [-0.2, 0) is 4.79 Å². The summed E-state index contributed by atoms with van der Waals surface area (Å²) >= 11 is 0. The summed E-state index contributed by atoms with van der Waals surface area (Å²) in [5.74, 6) is 1.48. The molecule has 2 fully saturated rings. The van der Waals surface area contributed by atoms with Crippen LogP contribution < -0.4 is 9.64 Å². The second-order valence-electron chi connectivity index (χ2n) is 7.99. The second kappa shape index (κ2) is 8.81. The first-order valence-corrected chi connectivity index (χ1v) is 10.6. The Kier molecular flexibility index (Phi) is 5.97. The van der Waals surface area contributed by atoms with Gasteiger partial charge in [-0.2, -0.15) is 0 Å². The number of piperazine rings is 1. The molecule has 4 rings (SSSR count). The van der Waals surface area contributed by atoms with Crippen molar-refractivity contribution in [3.63, 3.8) is 0 Å². The summed E-state index contributed by atoms with van der Waals surface area (Å²) in [5.41, 5.74) is 1.74. The van der Waals surface area contributed by atoms with Crippen LogP contribution >= 0.6 is 0 Å². The molecule has 1 atom stereocenters. The first kappa shape index (κ1) is 20.3. The number of aryl methyl sites for hydroxylation is 1. The van der Waals surface area contributed by atoms with Gasteiger partial charge in [-0.05, 0) is 50.1 Å². The SMILES string of the molecule is COc1ccc(N2CCN(C(=O)[C@@H]3CCCN(C(=O)c4ccoc4C)C3)CC2)cc1. The third kappa shape index (κ3) is 4.15. The molecule has 2 aromatic rings. The number of methoxy groups -OCH3 is 1. The predicted octanol–water partition coefficient (Wildman–Crippen LogP) is 2.80. The highest BCUT2D eigenvalue weighted by atomic mass is 16.5. The van der Waals surface area contributed by atoms with E-state index >= 15 is 0 Å². The van der Waals surface area contributed by atoms with E-state index in [1.165, 1.54) is 6.26 Å². The normalized spacial score (nSPS) is 19.7. The van der Waals surface area contributed by atoms with Gasteiger partial charge in [0.2, 0.25) is 5.91 Å². The Morgan fingerprint density at radius 3 is 2.37 bits per heavy atom. The average molecular weight is 412 g/mol. The predicted molar refractivity (Wildman–Crippen MR) is 114 cm³/mol. The lowest BCUT2D eigenvalue weighted by molar-refractivity contribution is -0.137. The number of ether oxygens (including phenoxy) is 1. The van der Waals surface area contributed by atoms with E-state index in [1.807, 2.05) is 17.0 Å². The summed E-state index contributed by atoms with van der Waals surface area (Å²) < 4.78 is 10.5. The highest BCUT2D eigenvalue weighted by Gasteiger charge is 2.33. The molecule has 2 saturated heterocycles. The third-order valence-electron chi connectivity index (χ3n) is 6.18. The number of rotatable bonds is 4. The largest absolute Gasteiger partial charge is 0.497 e. The number of amides is 2. The standard InChI is InChI=1S/C23H29N3O4/c1-17-21(9-15-30-17)23(28)26-10-3-4-18(16-26)22(27)25-13-11-24(12-14-25)19-5-7-20(29-2)8-6-19/h5-9,15,18H,3-4,10-14,16H2,1-2H3/t18-/m1/s1. The van der Waals surface area contributed by atoms with E-state index < -0.39 is 0 Å². The summed E-state index contributed by atoms with van der Waals surface area (Å²) in [5, 5.41) is 0. The number of carbonyl (C=O) groups is 2. The van der Waals surface area contributed by atoms with Crippen molar-refractivity contribution < 1.29 is 18.7 Å². The van der Waals surface area contributed by atoms with E-state index in [4.69, 9.17) is 9.15 Å². The quantitative estimate of drug-likeness (QED) is 0.774. The van der Waals surface area contributed by atoms with Crippen LogP contribution in [0.5, 0.6) is 5.75 Å². The average Bonchev–Trinajstić information content (AvgIpc) is 3.24. The summed E-state index contributed by atoms with van der Waals surface area (Å²) in [6.45, 7) is 6.00. The Balaban J connectivity index is 1.33. The van der Waals surface area contributed by atoms with Gasteiger partial charge in [-0.15, -0.1) is 0 Å². The van der Waals surface area contributed by atoms with Crippen molar-refractivity contribution >= 4 is 17.5 Å². The molecule has 1 aromatic carbocycles. The zero-order valence-corrected chi connectivity index (χ0v) is 17.7.